The minimum atomic E-state index is -0.259. The summed E-state index contributed by atoms with van der Waals surface area (Å²) >= 11 is 2.80. The second-order valence-corrected chi connectivity index (χ2v) is 6.77. The number of likely N-dealkylation sites (tertiary alicyclic amines) is 1. The molecule has 0 unspecified atom stereocenters. The maximum absolute atomic E-state index is 11.7. The Kier molecular flexibility index (Phi) is 4.02. The second kappa shape index (κ2) is 5.77. The lowest BCUT2D eigenvalue weighted by Gasteiger charge is -2.31. The first-order chi connectivity index (χ1) is 9.72. The van der Waals surface area contributed by atoms with Crippen molar-refractivity contribution in [2.45, 2.75) is 36.9 Å². The fourth-order valence-electron chi connectivity index (χ4n) is 3.03. The van der Waals surface area contributed by atoms with E-state index in [4.69, 9.17) is 9.47 Å². The van der Waals surface area contributed by atoms with Crippen molar-refractivity contribution < 1.29 is 14.3 Å². The summed E-state index contributed by atoms with van der Waals surface area (Å²) in [6.07, 6.45) is 1.72. The molecule has 3 rings (SSSR count). The van der Waals surface area contributed by atoms with Gasteiger partial charge in [-0.1, -0.05) is 6.92 Å². The normalized spacial score (nSPS) is 27.9. The van der Waals surface area contributed by atoms with Crippen LogP contribution in [0.5, 0.6) is 5.88 Å². The van der Waals surface area contributed by atoms with E-state index in [9.17, 15) is 4.79 Å². The maximum atomic E-state index is 11.7. The number of rotatable bonds is 4. The standard InChI is InChI=1S/C12H17N3O3S2/c1-3-19-11-10(13-20-14-11)18-9-5-7-4-8(9)15(6-7)12(16)17-2/h7-9H,3-6H2,1-2H3/t7-,8+,9+/m0/s1. The number of ether oxygens (including phenoxy) is 2. The smallest absolute Gasteiger partial charge is 0.409 e. The number of thioether (sulfide) groups is 1. The lowest BCUT2D eigenvalue weighted by molar-refractivity contribution is 0.0565. The van der Waals surface area contributed by atoms with Gasteiger partial charge >= 0.3 is 6.09 Å². The van der Waals surface area contributed by atoms with Crippen molar-refractivity contribution in [2.24, 2.45) is 5.92 Å². The molecule has 0 spiro atoms. The molecule has 0 radical (unpaired) electrons. The van der Waals surface area contributed by atoms with E-state index in [1.165, 1.54) is 18.8 Å². The van der Waals surface area contributed by atoms with Gasteiger partial charge in [0.05, 0.1) is 24.9 Å². The summed E-state index contributed by atoms with van der Waals surface area (Å²) in [6, 6.07) is 0.105. The molecule has 0 N–H and O–H groups in total. The predicted molar refractivity (Wildman–Crippen MR) is 76.3 cm³/mol. The van der Waals surface area contributed by atoms with Crippen LogP contribution in [0.1, 0.15) is 19.8 Å². The summed E-state index contributed by atoms with van der Waals surface area (Å²) in [6.45, 7) is 2.85. The third-order valence-corrected chi connectivity index (χ3v) is 5.26. The average molecular weight is 315 g/mol. The van der Waals surface area contributed by atoms with Gasteiger partial charge in [-0.15, -0.1) is 16.1 Å². The van der Waals surface area contributed by atoms with Crippen LogP contribution in [0.15, 0.2) is 5.03 Å². The molecule has 1 aromatic heterocycles. The molecule has 1 saturated heterocycles. The molecular weight excluding hydrogens is 298 g/mol. The number of hydrogen-bond acceptors (Lipinski definition) is 7. The van der Waals surface area contributed by atoms with E-state index in [2.05, 4.69) is 15.7 Å². The molecule has 1 amide bonds. The third kappa shape index (κ3) is 2.46. The quantitative estimate of drug-likeness (QED) is 0.794. The monoisotopic (exact) mass is 315 g/mol. The minimum absolute atomic E-state index is 0.00737. The highest BCUT2D eigenvalue weighted by Gasteiger charge is 2.49. The summed E-state index contributed by atoms with van der Waals surface area (Å²) in [4.78, 5) is 13.5. The van der Waals surface area contributed by atoms with Crippen LogP contribution in [-0.4, -0.2) is 51.3 Å². The Balaban J connectivity index is 1.69. The molecule has 2 heterocycles. The van der Waals surface area contributed by atoms with E-state index in [0.717, 1.165) is 30.2 Å². The van der Waals surface area contributed by atoms with E-state index in [-0.39, 0.29) is 18.2 Å². The molecular formula is C12H17N3O3S2. The zero-order chi connectivity index (χ0) is 14.1. The Bertz CT molecular complexity index is 496. The molecule has 1 saturated carbocycles. The number of hydrogen-bond donors (Lipinski definition) is 0. The van der Waals surface area contributed by atoms with Crippen LogP contribution in [0.4, 0.5) is 4.79 Å². The Hall–Kier alpha value is -1.02. The topological polar surface area (TPSA) is 64.6 Å². The summed E-state index contributed by atoms with van der Waals surface area (Å²) in [5.74, 6) is 2.06. The summed E-state index contributed by atoms with van der Waals surface area (Å²) in [5, 5.41) is 0.852. The Morgan fingerprint density at radius 3 is 3.05 bits per heavy atom. The van der Waals surface area contributed by atoms with Gasteiger partial charge in [0.1, 0.15) is 6.10 Å². The highest BCUT2D eigenvalue weighted by atomic mass is 32.2. The molecule has 0 aromatic carbocycles. The number of fused-ring (bicyclic) bond motifs is 2. The highest BCUT2D eigenvalue weighted by Crippen LogP contribution is 2.41. The van der Waals surface area contributed by atoms with E-state index in [0.29, 0.717) is 11.8 Å². The van der Waals surface area contributed by atoms with Crippen LogP contribution in [0, 0.1) is 5.92 Å². The van der Waals surface area contributed by atoms with Gasteiger partial charge in [-0.2, -0.15) is 4.37 Å². The van der Waals surface area contributed by atoms with Gasteiger partial charge in [0.15, 0.2) is 5.03 Å². The van der Waals surface area contributed by atoms with Crippen molar-refractivity contribution in [2.75, 3.05) is 19.4 Å². The lowest BCUT2D eigenvalue weighted by Crippen LogP contribution is -2.46. The van der Waals surface area contributed by atoms with Crippen molar-refractivity contribution in [3.63, 3.8) is 0 Å². The zero-order valence-corrected chi connectivity index (χ0v) is 13.1. The van der Waals surface area contributed by atoms with Crippen molar-refractivity contribution >= 4 is 29.6 Å². The number of carbonyl (C=O) groups excluding carboxylic acids is 1. The van der Waals surface area contributed by atoms with Gasteiger partial charge in [0, 0.05) is 6.54 Å². The minimum Gasteiger partial charge on any atom is -0.470 e. The van der Waals surface area contributed by atoms with Crippen LogP contribution in [0.2, 0.25) is 0 Å². The van der Waals surface area contributed by atoms with E-state index in [1.54, 1.807) is 16.7 Å². The van der Waals surface area contributed by atoms with Gasteiger partial charge in [0.2, 0.25) is 0 Å². The molecule has 1 aliphatic carbocycles. The largest absolute Gasteiger partial charge is 0.470 e. The fraction of sp³-hybridized carbons (Fsp3) is 0.750. The molecule has 1 aromatic rings. The number of aromatic nitrogens is 2. The molecule has 2 bridgehead atoms. The first kappa shape index (κ1) is 13.9. The van der Waals surface area contributed by atoms with Crippen LogP contribution in [0.25, 0.3) is 0 Å². The molecule has 1 aliphatic heterocycles. The van der Waals surface area contributed by atoms with E-state index >= 15 is 0 Å². The van der Waals surface area contributed by atoms with Crippen LogP contribution < -0.4 is 4.74 Å². The van der Waals surface area contributed by atoms with Crippen LogP contribution in [-0.2, 0) is 4.74 Å². The van der Waals surface area contributed by atoms with Crippen molar-refractivity contribution in [3.05, 3.63) is 0 Å². The molecule has 2 fully saturated rings. The van der Waals surface area contributed by atoms with Gasteiger partial charge in [-0.05, 0) is 24.5 Å². The molecule has 3 atom stereocenters. The van der Waals surface area contributed by atoms with Crippen LogP contribution in [0.3, 0.4) is 0 Å². The Labute approximate surface area is 126 Å². The van der Waals surface area contributed by atoms with Crippen LogP contribution >= 0.6 is 23.5 Å². The van der Waals surface area contributed by atoms with Gasteiger partial charge in [-0.25, -0.2) is 4.79 Å². The van der Waals surface area contributed by atoms with Gasteiger partial charge in [0.25, 0.3) is 5.88 Å². The lowest BCUT2D eigenvalue weighted by atomic mass is 10.1. The number of amides is 1. The first-order valence-corrected chi connectivity index (χ1v) is 8.41. The third-order valence-electron chi connectivity index (χ3n) is 3.81. The molecule has 20 heavy (non-hydrogen) atoms. The zero-order valence-electron chi connectivity index (χ0n) is 11.4. The highest BCUT2D eigenvalue weighted by molar-refractivity contribution is 7.99. The van der Waals surface area contributed by atoms with Gasteiger partial charge < -0.3 is 14.4 Å². The number of methoxy groups -OCH3 is 1. The van der Waals surface area contributed by atoms with Crippen molar-refractivity contribution in [1.29, 1.82) is 0 Å². The van der Waals surface area contributed by atoms with E-state index < -0.39 is 0 Å². The summed E-state index contributed by atoms with van der Waals surface area (Å²) in [5.41, 5.74) is 0. The fourth-order valence-corrected chi connectivity index (χ4v) is 4.29. The predicted octanol–water partition coefficient (Wildman–Crippen LogP) is 2.26. The first-order valence-electron chi connectivity index (χ1n) is 6.69. The molecule has 8 heteroatoms. The van der Waals surface area contributed by atoms with Crippen molar-refractivity contribution in [1.82, 2.24) is 13.6 Å². The summed E-state index contributed by atoms with van der Waals surface area (Å²) < 4.78 is 19.3. The SMILES string of the molecule is CCSc1nsnc1O[C@@H]1C[C@@H]2C[C@H]1N(C(=O)OC)C2. The number of nitrogens with zero attached hydrogens (tertiary/aromatic N) is 3. The van der Waals surface area contributed by atoms with Crippen molar-refractivity contribution in [3.8, 4) is 5.88 Å². The molecule has 2 aliphatic rings. The number of carbonyl (C=O) groups is 1. The average Bonchev–Trinajstić information content (AvgIpc) is 3.14. The van der Waals surface area contributed by atoms with E-state index in [1.807, 2.05) is 0 Å². The maximum Gasteiger partial charge on any atom is 0.409 e. The number of piperidine rings is 1. The summed E-state index contributed by atoms with van der Waals surface area (Å²) in [7, 11) is 1.42. The molecule has 110 valence electrons. The second-order valence-electron chi connectivity index (χ2n) is 4.99. The Morgan fingerprint density at radius 1 is 1.50 bits per heavy atom. The molecule has 6 nitrogen and oxygen atoms in total. The Morgan fingerprint density at radius 2 is 2.35 bits per heavy atom. The van der Waals surface area contributed by atoms with Gasteiger partial charge in [-0.3, -0.25) is 0 Å².